The second-order valence-electron chi connectivity index (χ2n) is 5.38. The maximum absolute atomic E-state index is 13.1. The molecule has 3 rings (SSSR count). The molecule has 7 heteroatoms. The topological polar surface area (TPSA) is 59.2 Å². The SMILES string of the molecule is [O-]C(=C(C(=S)Nc1ccccc1)[n+]1cccc(CO)c1)c1ccc(Cl)s1. The largest absolute Gasteiger partial charge is 0.867 e. The van der Waals surface area contributed by atoms with Crippen molar-refractivity contribution in [3.63, 3.8) is 0 Å². The van der Waals surface area contributed by atoms with Crippen molar-refractivity contribution in [2.45, 2.75) is 6.61 Å². The number of nitrogens with zero attached hydrogens (tertiary/aromatic N) is 1. The molecule has 0 spiro atoms. The summed E-state index contributed by atoms with van der Waals surface area (Å²) in [5, 5.41) is 25.6. The lowest BCUT2D eigenvalue weighted by Gasteiger charge is -2.15. The molecule has 0 bridgehead atoms. The van der Waals surface area contributed by atoms with E-state index in [-0.39, 0.29) is 23.1 Å². The quantitative estimate of drug-likeness (QED) is 0.297. The minimum atomic E-state index is -0.240. The number of hydrogen-bond acceptors (Lipinski definition) is 4. The van der Waals surface area contributed by atoms with Gasteiger partial charge in [-0.25, -0.2) is 0 Å². The molecule has 0 aliphatic heterocycles. The molecule has 1 aromatic carbocycles. The van der Waals surface area contributed by atoms with Gasteiger partial charge in [-0.3, -0.25) is 0 Å². The van der Waals surface area contributed by atoms with Crippen LogP contribution in [0.25, 0.3) is 11.5 Å². The molecule has 2 N–H and O–H groups in total. The van der Waals surface area contributed by atoms with Gasteiger partial charge in [-0.05, 0) is 36.1 Å². The van der Waals surface area contributed by atoms with Gasteiger partial charge >= 0.3 is 0 Å². The maximum atomic E-state index is 13.1. The van der Waals surface area contributed by atoms with Gasteiger partial charge in [0.05, 0.1) is 10.9 Å². The highest BCUT2D eigenvalue weighted by Crippen LogP contribution is 2.27. The lowest BCUT2D eigenvalue weighted by atomic mass is 10.2. The summed E-state index contributed by atoms with van der Waals surface area (Å²) in [7, 11) is 0. The molecule has 0 saturated heterocycles. The molecule has 0 radical (unpaired) electrons. The summed E-state index contributed by atoms with van der Waals surface area (Å²) in [5.74, 6) is -0.240. The molecule has 0 unspecified atom stereocenters. The van der Waals surface area contributed by atoms with Crippen LogP contribution in [-0.4, -0.2) is 10.1 Å². The average molecular weight is 403 g/mol. The predicted molar refractivity (Wildman–Crippen MR) is 108 cm³/mol. The number of aliphatic hydroxyl groups is 1. The Bertz CT molecular complexity index is 955. The Labute approximate surface area is 165 Å². The van der Waals surface area contributed by atoms with E-state index in [0.29, 0.717) is 14.8 Å². The standard InChI is InChI=1S/C19H15ClN2O2S2/c20-16-9-8-15(26-16)18(24)17(22-10-4-5-13(11-22)12-23)19(25)21-14-6-2-1-3-7-14/h1-11,23H,12H2,(H-,21,24,25). The van der Waals surface area contributed by atoms with E-state index < -0.39 is 0 Å². The number of anilines is 1. The van der Waals surface area contributed by atoms with Crippen LogP contribution in [0.2, 0.25) is 4.34 Å². The Morgan fingerprint density at radius 3 is 2.58 bits per heavy atom. The fraction of sp³-hybridized carbons (Fsp3) is 0.0526. The number of thiophene rings is 1. The third-order valence-corrected chi connectivity index (χ3v) is 5.09. The van der Waals surface area contributed by atoms with Crippen LogP contribution in [-0.2, 0) is 6.61 Å². The smallest absolute Gasteiger partial charge is 0.239 e. The summed E-state index contributed by atoms with van der Waals surface area (Å²) in [6, 6.07) is 16.3. The first-order valence-electron chi connectivity index (χ1n) is 7.73. The summed E-state index contributed by atoms with van der Waals surface area (Å²) in [4.78, 5) is 0.773. The van der Waals surface area contributed by atoms with Gasteiger partial charge in [-0.2, -0.15) is 4.57 Å². The zero-order valence-corrected chi connectivity index (χ0v) is 15.9. The minimum Gasteiger partial charge on any atom is -0.867 e. The van der Waals surface area contributed by atoms with E-state index in [1.807, 2.05) is 30.3 Å². The van der Waals surface area contributed by atoms with Crippen molar-refractivity contribution in [1.29, 1.82) is 0 Å². The molecule has 26 heavy (non-hydrogen) atoms. The van der Waals surface area contributed by atoms with Crippen molar-refractivity contribution >= 4 is 57.3 Å². The Kier molecular flexibility index (Phi) is 6.00. The van der Waals surface area contributed by atoms with E-state index in [4.69, 9.17) is 23.8 Å². The third-order valence-electron chi connectivity index (χ3n) is 3.56. The van der Waals surface area contributed by atoms with Crippen LogP contribution in [0.5, 0.6) is 0 Å². The van der Waals surface area contributed by atoms with Gasteiger partial charge in [-0.15, -0.1) is 11.3 Å². The molecular weight excluding hydrogens is 388 g/mol. The van der Waals surface area contributed by atoms with E-state index in [9.17, 15) is 10.2 Å². The fourth-order valence-electron chi connectivity index (χ4n) is 2.36. The zero-order valence-electron chi connectivity index (χ0n) is 13.6. The predicted octanol–water partition coefficient (Wildman–Crippen LogP) is 3.31. The van der Waals surface area contributed by atoms with Crippen LogP contribution in [0.3, 0.4) is 0 Å². The number of aromatic nitrogens is 1. The Balaban J connectivity index is 2.07. The normalized spacial score (nSPS) is 11.8. The van der Waals surface area contributed by atoms with Crippen molar-refractivity contribution < 1.29 is 14.8 Å². The van der Waals surface area contributed by atoms with Gasteiger partial charge in [0.2, 0.25) is 5.70 Å². The first kappa shape index (κ1) is 18.5. The summed E-state index contributed by atoms with van der Waals surface area (Å²) in [6.07, 6.45) is 3.40. The molecule has 132 valence electrons. The average Bonchev–Trinajstić information content (AvgIpc) is 3.09. The molecule has 0 amide bonds. The van der Waals surface area contributed by atoms with Gasteiger partial charge in [0.15, 0.2) is 17.4 Å². The fourth-order valence-corrected chi connectivity index (χ4v) is 3.66. The van der Waals surface area contributed by atoms with Crippen molar-refractivity contribution in [2.24, 2.45) is 0 Å². The Morgan fingerprint density at radius 1 is 1.15 bits per heavy atom. The van der Waals surface area contributed by atoms with Crippen LogP contribution in [0.15, 0.2) is 67.0 Å². The number of halogens is 1. The summed E-state index contributed by atoms with van der Waals surface area (Å²) in [5.41, 5.74) is 1.74. The Morgan fingerprint density at radius 2 is 1.92 bits per heavy atom. The molecular formula is C19H15ClN2O2S2. The third kappa shape index (κ3) is 4.28. The highest BCUT2D eigenvalue weighted by molar-refractivity contribution is 7.81. The van der Waals surface area contributed by atoms with Crippen LogP contribution in [0.1, 0.15) is 10.4 Å². The van der Waals surface area contributed by atoms with Crippen molar-refractivity contribution in [3.05, 3.63) is 81.8 Å². The van der Waals surface area contributed by atoms with Crippen LogP contribution in [0, 0.1) is 0 Å². The molecule has 2 aromatic heterocycles. The lowest BCUT2D eigenvalue weighted by molar-refractivity contribution is -0.578. The number of benzene rings is 1. The number of aliphatic hydroxyl groups excluding tert-OH is 1. The molecule has 0 saturated carbocycles. The lowest BCUT2D eigenvalue weighted by Crippen LogP contribution is -2.40. The summed E-state index contributed by atoms with van der Waals surface area (Å²) < 4.78 is 2.16. The molecule has 0 aliphatic rings. The second-order valence-corrected chi connectivity index (χ2v) is 7.50. The number of rotatable bonds is 5. The second kappa shape index (κ2) is 8.42. The van der Waals surface area contributed by atoms with Gasteiger partial charge in [0.1, 0.15) is 0 Å². The highest BCUT2D eigenvalue weighted by Gasteiger charge is 2.20. The van der Waals surface area contributed by atoms with Gasteiger partial charge in [0.25, 0.3) is 0 Å². The van der Waals surface area contributed by atoms with E-state index in [2.05, 4.69) is 5.32 Å². The minimum absolute atomic E-state index is 0.133. The van der Waals surface area contributed by atoms with E-state index in [1.54, 1.807) is 41.2 Å². The molecule has 0 aliphatic carbocycles. The van der Waals surface area contributed by atoms with Gasteiger partial charge in [0, 0.05) is 22.2 Å². The first-order chi connectivity index (χ1) is 12.6. The van der Waals surface area contributed by atoms with E-state index in [0.717, 1.165) is 5.69 Å². The molecule has 0 atom stereocenters. The summed E-state index contributed by atoms with van der Waals surface area (Å²) >= 11 is 12.7. The monoisotopic (exact) mass is 402 g/mol. The maximum Gasteiger partial charge on any atom is 0.239 e. The molecule has 4 nitrogen and oxygen atoms in total. The van der Waals surface area contributed by atoms with Crippen molar-refractivity contribution in [1.82, 2.24) is 0 Å². The van der Waals surface area contributed by atoms with Gasteiger partial charge < -0.3 is 15.5 Å². The van der Waals surface area contributed by atoms with Crippen molar-refractivity contribution in [3.8, 4) is 0 Å². The number of para-hydroxylation sites is 1. The highest BCUT2D eigenvalue weighted by atomic mass is 35.5. The molecule has 2 heterocycles. The zero-order chi connectivity index (χ0) is 18.5. The number of thiocarbonyl (C=S) groups is 1. The van der Waals surface area contributed by atoms with Crippen LogP contribution < -0.4 is 15.0 Å². The van der Waals surface area contributed by atoms with Gasteiger partial charge in [-0.1, -0.05) is 42.0 Å². The molecule has 3 aromatic rings. The number of pyridine rings is 1. The number of nitrogens with one attached hydrogen (secondary N) is 1. The summed E-state index contributed by atoms with van der Waals surface area (Å²) in [6.45, 7) is -0.133. The van der Waals surface area contributed by atoms with Crippen LogP contribution >= 0.6 is 35.2 Å². The first-order valence-corrected chi connectivity index (χ1v) is 9.33. The Hall–Kier alpha value is -2.25. The van der Waals surface area contributed by atoms with E-state index >= 15 is 0 Å². The molecule has 0 fully saturated rings. The van der Waals surface area contributed by atoms with E-state index in [1.165, 1.54) is 11.3 Å². The van der Waals surface area contributed by atoms with Crippen molar-refractivity contribution in [2.75, 3.05) is 5.32 Å². The number of hydrogen-bond donors (Lipinski definition) is 2. The van der Waals surface area contributed by atoms with Crippen LogP contribution in [0.4, 0.5) is 5.69 Å².